The van der Waals surface area contributed by atoms with Crippen LogP contribution >= 0.6 is 22.6 Å². The summed E-state index contributed by atoms with van der Waals surface area (Å²) in [7, 11) is -0.896. The average Bonchev–Trinajstić information content (AvgIpc) is 2.80. The van der Waals surface area contributed by atoms with Crippen LogP contribution in [0.2, 0.25) is 5.04 Å². The highest BCUT2D eigenvalue weighted by atomic mass is 127. The van der Waals surface area contributed by atoms with Crippen molar-refractivity contribution in [1.29, 1.82) is 0 Å². The van der Waals surface area contributed by atoms with E-state index in [0.717, 1.165) is 18.4 Å². The van der Waals surface area contributed by atoms with Crippen LogP contribution in [-0.4, -0.2) is 39.3 Å². The minimum atomic E-state index is -2.65. The van der Waals surface area contributed by atoms with Crippen molar-refractivity contribution in [2.24, 2.45) is 0 Å². The smallest absolute Gasteiger partial charge is 0.261 e. The summed E-state index contributed by atoms with van der Waals surface area (Å²) in [5.74, 6) is 0. The van der Waals surface area contributed by atoms with E-state index in [1.54, 1.807) is 7.11 Å². The molecule has 32 heavy (non-hydrogen) atoms. The van der Waals surface area contributed by atoms with Crippen LogP contribution in [0, 0.1) is 0 Å². The second kappa shape index (κ2) is 12.8. The van der Waals surface area contributed by atoms with E-state index < -0.39 is 8.32 Å². The first kappa shape index (κ1) is 27.0. The van der Waals surface area contributed by atoms with Gasteiger partial charge in [0.2, 0.25) is 0 Å². The largest absolute Gasteiger partial charge is 0.401 e. The van der Waals surface area contributed by atoms with Crippen molar-refractivity contribution in [1.82, 2.24) is 0 Å². The number of hydrogen-bond donors (Lipinski definition) is 1. The average molecular weight is 565 g/mol. The van der Waals surface area contributed by atoms with Crippen molar-refractivity contribution in [2.75, 3.05) is 13.7 Å². The number of methoxy groups -OCH3 is 1. The normalized spacial score (nSPS) is 15.2. The fourth-order valence-electron chi connectivity index (χ4n) is 4.11. The van der Waals surface area contributed by atoms with Crippen molar-refractivity contribution < 1.29 is 14.3 Å². The van der Waals surface area contributed by atoms with Gasteiger partial charge < -0.3 is 14.3 Å². The van der Waals surface area contributed by atoms with Gasteiger partial charge in [-0.1, -0.05) is 122 Å². The van der Waals surface area contributed by atoms with Gasteiger partial charge in [0.25, 0.3) is 8.32 Å². The van der Waals surface area contributed by atoms with E-state index in [9.17, 15) is 5.11 Å². The Hall–Kier alpha value is -1.25. The number of aliphatic hydroxyl groups excluding tert-OH is 1. The van der Waals surface area contributed by atoms with E-state index in [0.29, 0.717) is 0 Å². The number of rotatable bonds is 11. The van der Waals surface area contributed by atoms with Gasteiger partial charge >= 0.3 is 0 Å². The minimum absolute atomic E-state index is 0.00677. The van der Waals surface area contributed by atoms with Crippen LogP contribution in [0.3, 0.4) is 0 Å². The molecule has 5 heteroatoms. The van der Waals surface area contributed by atoms with Gasteiger partial charge in [-0.05, 0) is 32.8 Å². The molecule has 2 aromatic carbocycles. The predicted molar refractivity (Wildman–Crippen MR) is 147 cm³/mol. The van der Waals surface area contributed by atoms with Crippen LogP contribution in [0.4, 0.5) is 0 Å². The van der Waals surface area contributed by atoms with Crippen LogP contribution in [0.1, 0.15) is 40.5 Å². The molecule has 0 aromatic heterocycles. The van der Waals surface area contributed by atoms with Gasteiger partial charge in [-0.3, -0.25) is 0 Å². The quantitative estimate of drug-likeness (QED) is 0.219. The lowest BCUT2D eigenvalue weighted by Crippen LogP contribution is -2.67. The molecule has 1 N–H and O–H groups in total. The predicted octanol–water partition coefficient (Wildman–Crippen LogP) is 5.61. The van der Waals surface area contributed by atoms with E-state index in [-0.39, 0.29) is 23.9 Å². The molecule has 2 rings (SSSR count). The maximum absolute atomic E-state index is 9.34. The van der Waals surface area contributed by atoms with Gasteiger partial charge in [-0.15, -0.1) is 0 Å². The molecule has 0 amide bonds. The molecule has 0 aliphatic carbocycles. The topological polar surface area (TPSA) is 38.7 Å². The molecule has 3 nitrogen and oxygen atoms in total. The highest BCUT2D eigenvalue weighted by Gasteiger charge is 2.51. The SMILES string of the molecule is CO[C@@H](C/C=C(/C)CO)C[C@@H](/C=C/I)O[Si](c1ccccc1)(c1ccccc1)C(C)(C)C. The molecule has 0 heterocycles. The third kappa shape index (κ3) is 6.87. The monoisotopic (exact) mass is 564 g/mol. The summed E-state index contributed by atoms with van der Waals surface area (Å²) in [4.78, 5) is 0. The number of aliphatic hydroxyl groups is 1. The second-order valence-corrected chi connectivity index (χ2v) is 14.1. The zero-order valence-electron chi connectivity index (χ0n) is 19.9. The standard InChI is InChI=1S/C27H37IO3Si/c1-22(21-29)16-17-23(30-5)20-24(18-19-28)31-32(27(2,3)4,25-12-8-6-9-13-25)26-14-10-7-11-15-26/h6-16,18-19,23-24,29H,17,20-21H2,1-5H3/b19-18+,22-16-/t23-,24+/m0/s1. The molecule has 2 aromatic rings. The summed E-state index contributed by atoms with van der Waals surface area (Å²) < 4.78 is 15.1. The van der Waals surface area contributed by atoms with E-state index in [1.807, 2.05) is 11.0 Å². The lowest BCUT2D eigenvalue weighted by molar-refractivity contribution is 0.0659. The summed E-state index contributed by atoms with van der Waals surface area (Å²) in [6.07, 6.45) is 5.61. The summed E-state index contributed by atoms with van der Waals surface area (Å²) in [5, 5.41) is 11.8. The number of halogens is 1. The van der Waals surface area contributed by atoms with Crippen molar-refractivity contribution in [3.63, 3.8) is 0 Å². The van der Waals surface area contributed by atoms with Crippen LogP contribution < -0.4 is 10.4 Å². The van der Waals surface area contributed by atoms with E-state index in [1.165, 1.54) is 10.4 Å². The number of benzene rings is 2. The lowest BCUT2D eigenvalue weighted by Gasteiger charge is -2.45. The van der Waals surface area contributed by atoms with Crippen LogP contribution in [0.5, 0.6) is 0 Å². The molecular weight excluding hydrogens is 527 g/mol. The molecule has 0 unspecified atom stereocenters. The molecule has 0 spiro atoms. The molecule has 174 valence electrons. The zero-order chi connectivity index (χ0) is 23.6. The van der Waals surface area contributed by atoms with Gasteiger partial charge in [-0.25, -0.2) is 0 Å². The van der Waals surface area contributed by atoms with Gasteiger partial charge in [0.05, 0.1) is 18.8 Å². The van der Waals surface area contributed by atoms with Gasteiger partial charge in [-0.2, -0.15) is 0 Å². The lowest BCUT2D eigenvalue weighted by atomic mass is 10.1. The minimum Gasteiger partial charge on any atom is -0.401 e. The highest BCUT2D eigenvalue weighted by Crippen LogP contribution is 2.38. The first-order valence-electron chi connectivity index (χ1n) is 11.1. The van der Waals surface area contributed by atoms with Crippen LogP contribution in [0.15, 0.2) is 82.5 Å². The molecule has 0 aliphatic heterocycles. The van der Waals surface area contributed by atoms with Crippen LogP contribution in [-0.2, 0) is 9.16 Å². The molecule has 0 saturated carbocycles. The zero-order valence-corrected chi connectivity index (χ0v) is 23.1. The molecular formula is C27H37IO3Si. The fourth-order valence-corrected chi connectivity index (χ4v) is 9.22. The summed E-state index contributed by atoms with van der Waals surface area (Å²) >= 11 is 2.27. The van der Waals surface area contributed by atoms with Crippen molar-refractivity contribution in [2.45, 2.75) is 57.8 Å². The molecule has 2 atom stereocenters. The van der Waals surface area contributed by atoms with Gasteiger partial charge in [0.15, 0.2) is 0 Å². The van der Waals surface area contributed by atoms with Crippen molar-refractivity contribution >= 4 is 41.3 Å². The van der Waals surface area contributed by atoms with Gasteiger partial charge in [0.1, 0.15) is 0 Å². The molecule has 0 aliphatic rings. The first-order valence-corrected chi connectivity index (χ1v) is 14.3. The van der Waals surface area contributed by atoms with Gasteiger partial charge in [0, 0.05) is 13.5 Å². The third-order valence-electron chi connectivity index (χ3n) is 5.84. The maximum Gasteiger partial charge on any atom is 0.261 e. The second-order valence-electron chi connectivity index (χ2n) is 9.18. The highest BCUT2D eigenvalue weighted by molar-refractivity contribution is 14.1. The Morgan fingerprint density at radius 2 is 1.56 bits per heavy atom. The number of ether oxygens (including phenoxy) is 1. The maximum atomic E-state index is 9.34. The Morgan fingerprint density at radius 1 is 1.03 bits per heavy atom. The Balaban J connectivity index is 2.52. The van der Waals surface area contributed by atoms with E-state index in [4.69, 9.17) is 9.16 Å². The fraction of sp³-hybridized carbons (Fsp3) is 0.407. The first-order chi connectivity index (χ1) is 15.3. The summed E-state index contributed by atoms with van der Waals surface area (Å²) in [5.41, 5.74) is 0.959. The molecule has 0 radical (unpaired) electrons. The van der Waals surface area contributed by atoms with E-state index in [2.05, 4.69) is 116 Å². The van der Waals surface area contributed by atoms with Crippen molar-refractivity contribution in [3.05, 3.63) is 82.5 Å². The summed E-state index contributed by atoms with van der Waals surface area (Å²) in [6, 6.07) is 21.4. The molecule has 0 bridgehead atoms. The Labute approximate surface area is 208 Å². The number of hydrogen-bond acceptors (Lipinski definition) is 3. The van der Waals surface area contributed by atoms with Crippen molar-refractivity contribution in [3.8, 4) is 0 Å². The Morgan fingerprint density at radius 3 is 1.97 bits per heavy atom. The summed E-state index contributed by atoms with van der Waals surface area (Å²) in [6.45, 7) is 8.90. The Kier molecular flexibility index (Phi) is 10.8. The molecule has 0 fully saturated rings. The third-order valence-corrected chi connectivity index (χ3v) is 11.3. The molecule has 0 saturated heterocycles. The van der Waals surface area contributed by atoms with Crippen LogP contribution in [0.25, 0.3) is 0 Å². The Bertz CT molecular complexity index is 820. The van der Waals surface area contributed by atoms with E-state index >= 15 is 0 Å².